The van der Waals surface area contributed by atoms with Crippen LogP contribution in [0.5, 0.6) is 0 Å². The number of carbonyl (C=O) groups is 1. The summed E-state index contributed by atoms with van der Waals surface area (Å²) in [7, 11) is -5.95. The molecule has 1 aliphatic heterocycles. The fourth-order valence-electron chi connectivity index (χ4n) is 15.8. The van der Waals surface area contributed by atoms with Crippen LogP contribution in [0.1, 0.15) is 111 Å². The Bertz CT molecular complexity index is 3230. The van der Waals surface area contributed by atoms with Crippen LogP contribution in [-0.4, -0.2) is 67.6 Å². The number of esters is 1. The molecule has 17 heteroatoms. The van der Waals surface area contributed by atoms with Crippen LogP contribution in [0.25, 0.3) is 0 Å². The van der Waals surface area contributed by atoms with Gasteiger partial charge in [0, 0.05) is 26.9 Å². The van der Waals surface area contributed by atoms with Crippen molar-refractivity contribution in [3.63, 3.8) is 0 Å². The number of benzene rings is 6. The number of halogens is 9. The smallest absolute Gasteiger partial charge is 0.427 e. The summed E-state index contributed by atoms with van der Waals surface area (Å²) in [5.41, 5.74) is 1.09. The van der Waals surface area contributed by atoms with Crippen molar-refractivity contribution in [2.75, 3.05) is 19.7 Å². The minimum Gasteiger partial charge on any atom is -0.462 e. The normalized spacial score (nSPS) is 26.6. The lowest BCUT2D eigenvalue weighted by Crippen LogP contribution is -2.70. The third kappa shape index (κ3) is 13.8. The van der Waals surface area contributed by atoms with Crippen LogP contribution >= 0.6 is 0 Å². The number of alkyl halides is 9. The zero-order valence-electron chi connectivity index (χ0n) is 51.1. The minimum atomic E-state index is -5.98. The third-order valence-electron chi connectivity index (χ3n) is 20.1. The van der Waals surface area contributed by atoms with Crippen LogP contribution in [0.4, 0.5) is 39.5 Å². The number of piperidine rings is 1. The van der Waals surface area contributed by atoms with E-state index in [0.717, 1.165) is 50.4 Å². The molecule has 8 bridgehead atoms. The topological polar surface area (TPSA) is 63.7 Å². The first-order chi connectivity index (χ1) is 42.1. The maximum atomic E-state index is 13.8. The Hall–Kier alpha value is -5.23. The lowest BCUT2D eigenvalue weighted by molar-refractivity contribution is -0.272. The number of fused-ring (bicyclic) bond motifs is 1. The van der Waals surface area contributed by atoms with Gasteiger partial charge in [-0.2, -0.15) is 30.6 Å². The summed E-state index contributed by atoms with van der Waals surface area (Å²) in [4.78, 5) is 21.2. The molecule has 6 aromatic rings. The molecule has 5 nitrogen and oxygen atoms in total. The van der Waals surface area contributed by atoms with Crippen molar-refractivity contribution in [2.45, 2.75) is 169 Å². The highest BCUT2D eigenvalue weighted by atomic mass is 32.2. The van der Waals surface area contributed by atoms with E-state index in [9.17, 15) is 52.7 Å². The molecule has 0 radical (unpaired) electrons. The Morgan fingerprint density at radius 1 is 0.539 bits per heavy atom. The number of hydrogen-bond acceptors (Lipinski definition) is 4. The standard InChI is InChI=1S/C22H23S.C19H25F3O2.C18H15S.C13H19F6NO2S/c1-22(2,3)18-14-16-21(17-15-18)23(19-10-6-4-7-11-19)20-12-8-5-9-13-20;1-18(21,22)16(20)8-24-17(23)19-7-10-3-12-11-2-9(5-14(12)19)6-15(19)13(11)4-10;1-4-10-16(11-5-1)19(17-12-6-2-7-13-17)18-14-8-3-9-15-18;1-11(14,15)12(16,17)13(18,19)23(21,22)20-7-6-9-4-2-3-5-10(9)8-20/h4-17H,1-3H3;9-16H,2-8H2,1H3;1-15H;9-10H,2-8H2,1H3/q+1;;+1;. The minimum absolute atomic E-state index is 0.0146. The van der Waals surface area contributed by atoms with Gasteiger partial charge in [-0.1, -0.05) is 143 Å². The molecule has 0 N–H and O–H groups in total. The van der Waals surface area contributed by atoms with Crippen molar-refractivity contribution in [3.05, 3.63) is 181 Å². The Morgan fingerprint density at radius 3 is 1.33 bits per heavy atom. The molecule has 8 aliphatic carbocycles. The third-order valence-corrected chi connectivity index (χ3v) is 26.4. The SMILES string of the molecule is CC(C)(C)c1ccc([S+](c2ccccc2)c2ccccc2)cc1.CC(F)(F)C(F)(F)C(F)(F)S(=O)(=O)N1CCC2CCCCC2C1.CC(F)(F)C(F)COC(=O)C12CC3CC4C5CC(CC41)CC2C5C3.c1ccc([S+](c2ccccc2)c2ccccc2)cc1. The average molecular weight is 1290 g/mol. The Kier molecular flexibility index (Phi) is 20.1. The van der Waals surface area contributed by atoms with Gasteiger partial charge < -0.3 is 4.74 Å². The summed E-state index contributed by atoms with van der Waals surface area (Å²) >= 11 is 0. The molecule has 15 rings (SSSR count). The van der Waals surface area contributed by atoms with E-state index < -0.39 is 58.2 Å². The molecular formula is C72H82F9NO4S3+2. The van der Waals surface area contributed by atoms with Gasteiger partial charge in [-0.25, -0.2) is 21.6 Å². The second-order valence-electron chi connectivity index (χ2n) is 26.8. The van der Waals surface area contributed by atoms with Crippen LogP contribution in [0.3, 0.4) is 0 Å². The van der Waals surface area contributed by atoms with Gasteiger partial charge in [-0.05, 0) is 188 Å². The molecule has 8 saturated carbocycles. The highest BCUT2D eigenvalue weighted by molar-refractivity contribution is 7.97. The van der Waals surface area contributed by atoms with Crippen molar-refractivity contribution in [3.8, 4) is 0 Å². The zero-order chi connectivity index (χ0) is 63.7. The first kappa shape index (κ1) is 66.7. The van der Waals surface area contributed by atoms with Crippen molar-refractivity contribution >= 4 is 37.8 Å². The predicted octanol–water partition coefficient (Wildman–Crippen LogP) is 18.8. The van der Waals surface area contributed by atoms with Gasteiger partial charge in [0.15, 0.2) is 35.5 Å². The first-order valence-electron chi connectivity index (χ1n) is 31.3. The van der Waals surface area contributed by atoms with Gasteiger partial charge in [-0.15, -0.1) is 0 Å². The fraction of sp³-hybridized carbons (Fsp3) is 0.486. The summed E-state index contributed by atoms with van der Waals surface area (Å²) in [6.45, 7) is 5.44. The molecule has 478 valence electrons. The zero-order valence-corrected chi connectivity index (χ0v) is 53.6. The van der Waals surface area contributed by atoms with Gasteiger partial charge in [-0.3, -0.25) is 4.79 Å². The van der Waals surface area contributed by atoms with Crippen LogP contribution in [0.2, 0.25) is 0 Å². The fourth-order valence-corrected chi connectivity index (χ4v) is 21.6. The van der Waals surface area contributed by atoms with E-state index in [1.165, 1.54) is 54.2 Å². The van der Waals surface area contributed by atoms with Crippen molar-refractivity contribution in [1.29, 1.82) is 0 Å². The molecule has 6 aromatic carbocycles. The quantitative estimate of drug-likeness (QED) is 0.0619. The van der Waals surface area contributed by atoms with Gasteiger partial charge in [0.05, 0.1) is 27.2 Å². The van der Waals surface area contributed by atoms with Crippen LogP contribution in [0, 0.1) is 58.7 Å². The number of rotatable bonds is 14. The molecular weight excluding hydrogens is 1210 g/mol. The summed E-state index contributed by atoms with van der Waals surface area (Å²) in [5, 5.41) is -5.86. The molecule has 0 aromatic heterocycles. The second-order valence-corrected chi connectivity index (χ2v) is 32.8. The summed E-state index contributed by atoms with van der Waals surface area (Å²) in [5.74, 6) is -10.9. The van der Waals surface area contributed by atoms with E-state index >= 15 is 0 Å². The largest absolute Gasteiger partial charge is 0.462 e. The Balaban J connectivity index is 0.000000131. The lowest BCUT2D eigenvalue weighted by Gasteiger charge is -2.73. The Labute approximate surface area is 525 Å². The van der Waals surface area contributed by atoms with Gasteiger partial charge >= 0.3 is 23.1 Å². The van der Waals surface area contributed by atoms with E-state index in [2.05, 4.69) is 197 Å². The molecule has 9 fully saturated rings. The number of ether oxygens (including phenoxy) is 1. The predicted molar refractivity (Wildman–Crippen MR) is 334 cm³/mol. The highest BCUT2D eigenvalue weighted by Crippen LogP contribution is 2.76. The van der Waals surface area contributed by atoms with E-state index in [1.54, 1.807) is 0 Å². The summed E-state index contributed by atoms with van der Waals surface area (Å²) in [6.07, 6.45) is 7.96. The Morgan fingerprint density at radius 2 is 0.933 bits per heavy atom. The molecule has 0 amide bonds. The van der Waals surface area contributed by atoms with Gasteiger partial charge in [0.25, 0.3) is 15.9 Å². The molecule has 1 heterocycles. The van der Waals surface area contributed by atoms with Crippen LogP contribution < -0.4 is 0 Å². The molecule has 7 atom stereocenters. The van der Waals surface area contributed by atoms with Crippen molar-refractivity contribution < 1.29 is 57.5 Å². The molecule has 9 aliphatic rings. The van der Waals surface area contributed by atoms with Crippen LogP contribution in [0.15, 0.2) is 205 Å². The van der Waals surface area contributed by atoms with Crippen LogP contribution in [-0.2, 0) is 46.8 Å². The van der Waals surface area contributed by atoms with Gasteiger partial charge in [0.2, 0.25) is 0 Å². The summed E-state index contributed by atoms with van der Waals surface area (Å²) < 4.78 is 149. The monoisotopic (exact) mass is 1290 g/mol. The highest BCUT2D eigenvalue weighted by Gasteiger charge is 2.77. The molecule has 1 saturated heterocycles. The number of sulfonamides is 1. The molecule has 7 unspecified atom stereocenters. The lowest BCUT2D eigenvalue weighted by atomic mass is 9.31. The first-order valence-corrected chi connectivity index (χ1v) is 35.2. The maximum absolute atomic E-state index is 13.8. The van der Waals surface area contributed by atoms with Crippen molar-refractivity contribution in [2.24, 2.45) is 58.7 Å². The summed E-state index contributed by atoms with van der Waals surface area (Å²) in [6, 6.07) is 62.9. The number of hydrogen-bond donors (Lipinski definition) is 0. The van der Waals surface area contributed by atoms with Gasteiger partial charge in [0.1, 0.15) is 6.61 Å². The second kappa shape index (κ2) is 26.8. The van der Waals surface area contributed by atoms with E-state index in [-0.39, 0.29) is 68.8 Å². The van der Waals surface area contributed by atoms with E-state index in [0.29, 0.717) is 42.9 Å². The molecule has 89 heavy (non-hydrogen) atoms. The van der Waals surface area contributed by atoms with E-state index in [4.69, 9.17) is 4.74 Å². The number of nitrogens with zero attached hydrogens (tertiary/aromatic N) is 1. The molecule has 0 spiro atoms. The average Bonchev–Trinajstić information content (AvgIpc) is 0.679. The van der Waals surface area contributed by atoms with E-state index in [1.807, 2.05) is 0 Å². The van der Waals surface area contributed by atoms with Crippen molar-refractivity contribution in [1.82, 2.24) is 4.31 Å². The maximum Gasteiger partial charge on any atom is 0.427 e. The number of carbonyl (C=O) groups excluding carboxylic acids is 1.